The van der Waals surface area contributed by atoms with Gasteiger partial charge in [-0.1, -0.05) is 29.3 Å². The number of amides is 1. The molecule has 1 amide bonds. The van der Waals surface area contributed by atoms with Gasteiger partial charge in [0.05, 0.1) is 5.56 Å². The Balaban J connectivity index is 2.59. The molecule has 6 heteroatoms. The van der Waals surface area contributed by atoms with Crippen LogP contribution in [0.2, 0.25) is 0 Å². The zero-order valence-electron chi connectivity index (χ0n) is 10.4. The molecule has 0 saturated carbocycles. The van der Waals surface area contributed by atoms with Crippen molar-refractivity contribution in [1.82, 2.24) is 5.32 Å². The molecule has 0 saturated heterocycles. The van der Waals surface area contributed by atoms with Crippen molar-refractivity contribution in [2.45, 2.75) is 30.8 Å². The van der Waals surface area contributed by atoms with Crippen molar-refractivity contribution in [3.05, 3.63) is 35.4 Å². The van der Waals surface area contributed by atoms with Crippen LogP contribution in [0.15, 0.2) is 24.3 Å². The topological polar surface area (TPSA) is 29.1 Å². The van der Waals surface area contributed by atoms with Gasteiger partial charge in [-0.25, -0.2) is 0 Å². The molecule has 19 heavy (non-hydrogen) atoms. The van der Waals surface area contributed by atoms with E-state index in [1.165, 1.54) is 12.1 Å². The Morgan fingerprint density at radius 3 is 2.37 bits per heavy atom. The standard InChI is InChI=1S/C13H15BrF3NO/c1-2-3-11(14)8-18-12(19)9-4-6-10(7-5-9)13(15,16)17/h4-7,11H,2-3,8H2,1H3,(H,18,19). The SMILES string of the molecule is CCCC(Br)CNC(=O)c1ccc(C(F)(F)F)cc1. The van der Waals surface area contributed by atoms with Crippen molar-refractivity contribution in [3.63, 3.8) is 0 Å². The predicted octanol–water partition coefficient (Wildman–Crippen LogP) is 4.00. The minimum absolute atomic E-state index is 0.177. The Kier molecular flexibility index (Phi) is 5.85. The van der Waals surface area contributed by atoms with E-state index in [1.54, 1.807) is 0 Å². The van der Waals surface area contributed by atoms with Crippen molar-refractivity contribution >= 4 is 21.8 Å². The maximum absolute atomic E-state index is 12.4. The second kappa shape index (κ2) is 6.93. The van der Waals surface area contributed by atoms with Gasteiger partial charge in [0.25, 0.3) is 5.91 Å². The van der Waals surface area contributed by atoms with Gasteiger partial charge in [0.1, 0.15) is 0 Å². The van der Waals surface area contributed by atoms with Crippen molar-refractivity contribution in [1.29, 1.82) is 0 Å². The van der Waals surface area contributed by atoms with Gasteiger partial charge in [-0.15, -0.1) is 0 Å². The molecule has 0 bridgehead atoms. The molecule has 1 aromatic carbocycles. The van der Waals surface area contributed by atoms with Gasteiger partial charge < -0.3 is 5.32 Å². The number of rotatable bonds is 5. The molecule has 0 aliphatic carbocycles. The molecule has 0 aromatic heterocycles. The van der Waals surface area contributed by atoms with Crippen LogP contribution in [-0.2, 0) is 6.18 Å². The molecule has 1 unspecified atom stereocenters. The fraction of sp³-hybridized carbons (Fsp3) is 0.462. The Bertz CT molecular complexity index is 417. The molecular weight excluding hydrogens is 323 g/mol. The summed E-state index contributed by atoms with van der Waals surface area (Å²) < 4.78 is 37.1. The number of hydrogen-bond donors (Lipinski definition) is 1. The number of alkyl halides is 4. The van der Waals surface area contributed by atoms with E-state index >= 15 is 0 Å². The van der Waals surface area contributed by atoms with Crippen LogP contribution < -0.4 is 5.32 Å². The number of benzene rings is 1. The fourth-order valence-corrected chi connectivity index (χ4v) is 2.15. The number of carbonyl (C=O) groups is 1. The first-order valence-corrected chi connectivity index (χ1v) is 6.85. The number of carbonyl (C=O) groups excluding carboxylic acids is 1. The average Bonchev–Trinajstić information content (AvgIpc) is 2.35. The lowest BCUT2D eigenvalue weighted by atomic mass is 10.1. The minimum Gasteiger partial charge on any atom is -0.351 e. The molecular formula is C13H15BrF3NO. The molecule has 2 nitrogen and oxygen atoms in total. The van der Waals surface area contributed by atoms with Crippen LogP contribution in [0.25, 0.3) is 0 Å². The molecule has 106 valence electrons. The van der Waals surface area contributed by atoms with Crippen molar-refractivity contribution in [3.8, 4) is 0 Å². The van der Waals surface area contributed by atoms with Crippen LogP contribution in [0.4, 0.5) is 13.2 Å². The van der Waals surface area contributed by atoms with Gasteiger partial charge in [0, 0.05) is 16.9 Å². The highest BCUT2D eigenvalue weighted by atomic mass is 79.9. The predicted molar refractivity (Wildman–Crippen MR) is 71.4 cm³/mol. The normalized spacial score (nSPS) is 13.1. The van der Waals surface area contributed by atoms with Gasteiger partial charge in [0.15, 0.2) is 0 Å². The largest absolute Gasteiger partial charge is 0.416 e. The van der Waals surface area contributed by atoms with Crippen LogP contribution in [0.3, 0.4) is 0 Å². The summed E-state index contributed by atoms with van der Waals surface area (Å²) in [6.07, 6.45) is -2.46. The third-order valence-corrected chi connectivity index (χ3v) is 3.34. The highest BCUT2D eigenvalue weighted by molar-refractivity contribution is 9.09. The number of hydrogen-bond acceptors (Lipinski definition) is 1. The summed E-state index contributed by atoms with van der Waals surface area (Å²) in [5, 5.41) is 2.67. The van der Waals surface area contributed by atoms with Crippen LogP contribution >= 0.6 is 15.9 Å². The van der Waals surface area contributed by atoms with Crippen molar-refractivity contribution < 1.29 is 18.0 Å². The quantitative estimate of drug-likeness (QED) is 0.808. The molecule has 0 heterocycles. The fourth-order valence-electron chi connectivity index (χ4n) is 1.53. The van der Waals surface area contributed by atoms with E-state index in [4.69, 9.17) is 0 Å². The van der Waals surface area contributed by atoms with E-state index in [0.717, 1.165) is 25.0 Å². The van der Waals surface area contributed by atoms with E-state index in [1.807, 2.05) is 6.92 Å². The molecule has 1 aromatic rings. The van der Waals surface area contributed by atoms with Crippen molar-refractivity contribution in [2.24, 2.45) is 0 Å². The molecule has 0 radical (unpaired) electrons. The average molecular weight is 338 g/mol. The molecule has 1 atom stereocenters. The highest BCUT2D eigenvalue weighted by Crippen LogP contribution is 2.29. The smallest absolute Gasteiger partial charge is 0.351 e. The van der Waals surface area contributed by atoms with E-state index in [0.29, 0.717) is 6.54 Å². The maximum Gasteiger partial charge on any atom is 0.416 e. The second-order valence-corrected chi connectivity index (χ2v) is 5.47. The van der Waals surface area contributed by atoms with Gasteiger partial charge in [-0.05, 0) is 30.7 Å². The Labute approximate surface area is 118 Å². The third-order valence-electron chi connectivity index (χ3n) is 2.56. The Hall–Kier alpha value is -1.04. The third kappa shape index (κ3) is 5.22. The lowest BCUT2D eigenvalue weighted by Gasteiger charge is -2.11. The highest BCUT2D eigenvalue weighted by Gasteiger charge is 2.30. The van der Waals surface area contributed by atoms with E-state index in [9.17, 15) is 18.0 Å². The monoisotopic (exact) mass is 337 g/mol. The van der Waals surface area contributed by atoms with E-state index < -0.39 is 11.7 Å². The van der Waals surface area contributed by atoms with Crippen LogP contribution in [0.5, 0.6) is 0 Å². The van der Waals surface area contributed by atoms with Gasteiger partial charge >= 0.3 is 6.18 Å². The van der Waals surface area contributed by atoms with Gasteiger partial charge in [0.2, 0.25) is 0 Å². The summed E-state index contributed by atoms with van der Waals surface area (Å²) in [4.78, 5) is 11.9. The summed E-state index contributed by atoms with van der Waals surface area (Å²) in [5.74, 6) is -0.366. The zero-order chi connectivity index (χ0) is 14.5. The molecule has 1 N–H and O–H groups in total. The lowest BCUT2D eigenvalue weighted by molar-refractivity contribution is -0.137. The van der Waals surface area contributed by atoms with Gasteiger partial charge in [-0.3, -0.25) is 4.79 Å². The van der Waals surface area contributed by atoms with Crippen LogP contribution in [-0.4, -0.2) is 17.3 Å². The Morgan fingerprint density at radius 2 is 1.89 bits per heavy atom. The summed E-state index contributed by atoms with van der Waals surface area (Å²) >= 11 is 3.41. The summed E-state index contributed by atoms with van der Waals surface area (Å²) in [6.45, 7) is 2.49. The molecule has 0 spiro atoms. The van der Waals surface area contributed by atoms with Gasteiger partial charge in [-0.2, -0.15) is 13.2 Å². The first-order valence-electron chi connectivity index (χ1n) is 5.94. The summed E-state index contributed by atoms with van der Waals surface area (Å²) in [5.41, 5.74) is -0.530. The first kappa shape index (κ1) is 16.0. The van der Waals surface area contributed by atoms with Crippen LogP contribution in [0.1, 0.15) is 35.7 Å². The number of halogens is 4. The van der Waals surface area contributed by atoms with E-state index in [-0.39, 0.29) is 16.3 Å². The summed E-state index contributed by atoms with van der Waals surface area (Å²) in [7, 11) is 0. The molecule has 0 fully saturated rings. The zero-order valence-corrected chi connectivity index (χ0v) is 12.0. The number of nitrogens with one attached hydrogen (secondary N) is 1. The van der Waals surface area contributed by atoms with Crippen LogP contribution in [0, 0.1) is 0 Å². The molecule has 0 aliphatic rings. The van der Waals surface area contributed by atoms with Crippen molar-refractivity contribution in [2.75, 3.05) is 6.54 Å². The minimum atomic E-state index is -4.38. The Morgan fingerprint density at radius 1 is 1.32 bits per heavy atom. The second-order valence-electron chi connectivity index (χ2n) is 4.17. The van der Waals surface area contributed by atoms with E-state index in [2.05, 4.69) is 21.2 Å². The summed E-state index contributed by atoms with van der Waals surface area (Å²) in [6, 6.07) is 4.18. The lowest BCUT2D eigenvalue weighted by Crippen LogP contribution is -2.29. The first-order chi connectivity index (χ1) is 8.84. The molecule has 0 aliphatic heterocycles. The molecule has 1 rings (SSSR count). The maximum atomic E-state index is 12.4.